The molecule has 2 rings (SSSR count). The van der Waals surface area contributed by atoms with Gasteiger partial charge in [0.15, 0.2) is 5.78 Å². The van der Waals surface area contributed by atoms with Crippen LogP contribution in [0.15, 0.2) is 24.5 Å². The van der Waals surface area contributed by atoms with Crippen LogP contribution in [0.5, 0.6) is 0 Å². The van der Waals surface area contributed by atoms with Crippen LogP contribution in [0.3, 0.4) is 0 Å². The molecule has 2 heteroatoms. The third kappa shape index (κ3) is 2.19. The largest absolute Gasteiger partial charge is 0.289 e. The van der Waals surface area contributed by atoms with Crippen molar-refractivity contribution in [3.8, 4) is 0 Å². The van der Waals surface area contributed by atoms with E-state index in [0.29, 0.717) is 5.56 Å². The standard InChI is InChI=1S/C17H19NO/c1-10-11(2)13(4)16(14(5)12(10)3)17(19)15-7-6-8-18-9-15/h6-9H,1-5H3. The predicted octanol–water partition coefficient (Wildman–Crippen LogP) is 3.85. The molecule has 1 heterocycles. The third-order valence-corrected chi connectivity index (χ3v) is 4.15. The number of aromatic nitrogens is 1. The molecule has 0 N–H and O–H groups in total. The summed E-state index contributed by atoms with van der Waals surface area (Å²) in [6.45, 7) is 10.3. The van der Waals surface area contributed by atoms with Crippen LogP contribution in [-0.2, 0) is 0 Å². The lowest BCUT2D eigenvalue weighted by Crippen LogP contribution is -2.10. The summed E-state index contributed by atoms with van der Waals surface area (Å²) in [4.78, 5) is 16.7. The monoisotopic (exact) mass is 253 g/mol. The average molecular weight is 253 g/mol. The second-order valence-corrected chi connectivity index (χ2v) is 5.07. The van der Waals surface area contributed by atoms with Gasteiger partial charge in [0.1, 0.15) is 0 Å². The molecule has 0 fully saturated rings. The fraction of sp³-hybridized carbons (Fsp3) is 0.294. The van der Waals surface area contributed by atoms with Crippen molar-refractivity contribution in [3.63, 3.8) is 0 Å². The lowest BCUT2D eigenvalue weighted by atomic mass is 9.86. The van der Waals surface area contributed by atoms with Gasteiger partial charge in [-0.25, -0.2) is 0 Å². The number of ketones is 1. The predicted molar refractivity (Wildman–Crippen MR) is 77.8 cm³/mol. The summed E-state index contributed by atoms with van der Waals surface area (Å²) in [5.74, 6) is 0.0642. The first kappa shape index (κ1) is 13.5. The Balaban J connectivity index is 2.67. The van der Waals surface area contributed by atoms with Crippen molar-refractivity contribution in [3.05, 3.63) is 63.5 Å². The van der Waals surface area contributed by atoms with Gasteiger partial charge in [0.2, 0.25) is 0 Å². The van der Waals surface area contributed by atoms with Gasteiger partial charge in [-0.05, 0) is 74.6 Å². The molecule has 1 aromatic heterocycles. The van der Waals surface area contributed by atoms with Crippen molar-refractivity contribution in [2.24, 2.45) is 0 Å². The van der Waals surface area contributed by atoms with E-state index >= 15 is 0 Å². The average Bonchev–Trinajstić information content (AvgIpc) is 2.44. The van der Waals surface area contributed by atoms with Crippen molar-refractivity contribution in [1.82, 2.24) is 4.98 Å². The zero-order valence-corrected chi connectivity index (χ0v) is 12.2. The number of nitrogens with zero attached hydrogens (tertiary/aromatic N) is 1. The normalized spacial score (nSPS) is 10.6. The van der Waals surface area contributed by atoms with E-state index in [1.54, 1.807) is 18.5 Å². The number of rotatable bonds is 2. The molecule has 0 unspecified atom stereocenters. The van der Waals surface area contributed by atoms with Crippen molar-refractivity contribution in [2.45, 2.75) is 34.6 Å². The number of hydrogen-bond donors (Lipinski definition) is 0. The number of benzene rings is 1. The number of hydrogen-bond acceptors (Lipinski definition) is 2. The van der Waals surface area contributed by atoms with Crippen molar-refractivity contribution >= 4 is 5.78 Å². The van der Waals surface area contributed by atoms with Crippen LogP contribution < -0.4 is 0 Å². The highest BCUT2D eigenvalue weighted by Gasteiger charge is 2.19. The molecule has 0 bridgehead atoms. The highest BCUT2D eigenvalue weighted by atomic mass is 16.1. The first-order valence-corrected chi connectivity index (χ1v) is 6.46. The summed E-state index contributed by atoms with van der Waals surface area (Å²) < 4.78 is 0. The summed E-state index contributed by atoms with van der Waals surface area (Å²) >= 11 is 0. The van der Waals surface area contributed by atoms with E-state index in [2.05, 4.69) is 25.8 Å². The van der Waals surface area contributed by atoms with E-state index in [9.17, 15) is 4.79 Å². The zero-order valence-electron chi connectivity index (χ0n) is 12.2. The van der Waals surface area contributed by atoms with Gasteiger partial charge in [-0.3, -0.25) is 9.78 Å². The molecule has 0 saturated carbocycles. The van der Waals surface area contributed by atoms with Crippen LogP contribution in [0.25, 0.3) is 0 Å². The lowest BCUT2D eigenvalue weighted by molar-refractivity contribution is 0.103. The fourth-order valence-corrected chi connectivity index (χ4v) is 2.48. The second kappa shape index (κ2) is 4.96. The Morgan fingerprint density at radius 3 is 1.89 bits per heavy atom. The second-order valence-electron chi connectivity index (χ2n) is 5.07. The summed E-state index contributed by atoms with van der Waals surface area (Å²) in [6, 6.07) is 3.62. The van der Waals surface area contributed by atoms with Crippen LogP contribution in [0, 0.1) is 34.6 Å². The molecule has 1 aromatic carbocycles. The molecular formula is C17H19NO. The maximum atomic E-state index is 12.7. The SMILES string of the molecule is Cc1c(C)c(C)c(C(=O)c2cccnc2)c(C)c1C. The van der Waals surface area contributed by atoms with E-state index < -0.39 is 0 Å². The quantitative estimate of drug-likeness (QED) is 0.761. The van der Waals surface area contributed by atoms with Crippen LogP contribution in [0.4, 0.5) is 0 Å². The summed E-state index contributed by atoms with van der Waals surface area (Å²) in [5, 5.41) is 0. The molecule has 0 aliphatic carbocycles. The Morgan fingerprint density at radius 1 is 0.895 bits per heavy atom. The van der Waals surface area contributed by atoms with Crippen LogP contribution in [0.2, 0.25) is 0 Å². The van der Waals surface area contributed by atoms with E-state index in [0.717, 1.165) is 16.7 Å². The van der Waals surface area contributed by atoms with Crippen molar-refractivity contribution in [1.29, 1.82) is 0 Å². The Bertz CT molecular complexity index is 613. The molecular weight excluding hydrogens is 234 g/mol. The third-order valence-electron chi connectivity index (χ3n) is 4.15. The van der Waals surface area contributed by atoms with Gasteiger partial charge in [-0.2, -0.15) is 0 Å². The topological polar surface area (TPSA) is 30.0 Å². The maximum absolute atomic E-state index is 12.7. The Hall–Kier alpha value is -1.96. The number of carbonyl (C=O) groups excluding carboxylic acids is 1. The highest BCUT2D eigenvalue weighted by Crippen LogP contribution is 2.27. The molecule has 0 aliphatic rings. The molecule has 98 valence electrons. The maximum Gasteiger partial charge on any atom is 0.195 e. The fourth-order valence-electron chi connectivity index (χ4n) is 2.48. The molecule has 0 aliphatic heterocycles. The van der Waals surface area contributed by atoms with E-state index in [1.807, 2.05) is 19.9 Å². The number of pyridine rings is 1. The molecule has 0 saturated heterocycles. The molecule has 0 amide bonds. The van der Waals surface area contributed by atoms with Gasteiger partial charge in [0, 0.05) is 23.5 Å². The van der Waals surface area contributed by atoms with Gasteiger partial charge in [0.05, 0.1) is 0 Å². The van der Waals surface area contributed by atoms with E-state index in [1.165, 1.54) is 16.7 Å². The van der Waals surface area contributed by atoms with E-state index in [-0.39, 0.29) is 5.78 Å². The molecule has 2 nitrogen and oxygen atoms in total. The molecule has 0 spiro atoms. The van der Waals surface area contributed by atoms with Crippen molar-refractivity contribution < 1.29 is 4.79 Å². The smallest absolute Gasteiger partial charge is 0.195 e. The number of carbonyl (C=O) groups is 1. The first-order chi connectivity index (χ1) is 8.95. The van der Waals surface area contributed by atoms with Gasteiger partial charge < -0.3 is 0 Å². The summed E-state index contributed by atoms with van der Waals surface area (Å²) in [7, 11) is 0. The van der Waals surface area contributed by atoms with Gasteiger partial charge in [0.25, 0.3) is 0 Å². The van der Waals surface area contributed by atoms with Gasteiger partial charge >= 0.3 is 0 Å². The van der Waals surface area contributed by atoms with Gasteiger partial charge in [-0.15, -0.1) is 0 Å². The van der Waals surface area contributed by atoms with Crippen LogP contribution in [0.1, 0.15) is 43.7 Å². The Morgan fingerprint density at radius 2 is 1.42 bits per heavy atom. The van der Waals surface area contributed by atoms with Crippen LogP contribution >= 0.6 is 0 Å². The molecule has 2 aromatic rings. The summed E-state index contributed by atoms with van der Waals surface area (Å²) in [5.41, 5.74) is 7.32. The minimum Gasteiger partial charge on any atom is -0.289 e. The molecule has 0 radical (unpaired) electrons. The zero-order chi connectivity index (χ0) is 14.2. The first-order valence-electron chi connectivity index (χ1n) is 6.46. The van der Waals surface area contributed by atoms with Crippen LogP contribution in [-0.4, -0.2) is 10.8 Å². The van der Waals surface area contributed by atoms with Gasteiger partial charge in [-0.1, -0.05) is 0 Å². The minimum absolute atomic E-state index is 0.0642. The van der Waals surface area contributed by atoms with E-state index in [4.69, 9.17) is 0 Å². The lowest BCUT2D eigenvalue weighted by Gasteiger charge is -2.17. The minimum atomic E-state index is 0.0642. The Labute approximate surface area is 114 Å². The molecule has 19 heavy (non-hydrogen) atoms. The summed E-state index contributed by atoms with van der Waals surface area (Å²) in [6.07, 6.45) is 3.31. The molecule has 0 atom stereocenters. The Kier molecular flexibility index (Phi) is 3.52. The van der Waals surface area contributed by atoms with Crippen molar-refractivity contribution in [2.75, 3.05) is 0 Å². The highest BCUT2D eigenvalue weighted by molar-refractivity contribution is 6.11.